The molecule has 0 spiro atoms. The van der Waals surface area contributed by atoms with Gasteiger partial charge in [0, 0.05) is 11.6 Å². The van der Waals surface area contributed by atoms with Crippen LogP contribution in [0, 0.1) is 0 Å². The minimum atomic E-state index is -0.209. The van der Waals surface area contributed by atoms with Crippen LogP contribution < -0.4 is 10.9 Å². The highest BCUT2D eigenvalue weighted by molar-refractivity contribution is 5.95. The fraction of sp³-hybridized carbons (Fsp3) is 0.0833. The van der Waals surface area contributed by atoms with Gasteiger partial charge in [-0.1, -0.05) is 6.07 Å². The Morgan fingerprint density at radius 3 is 2.76 bits per heavy atom. The van der Waals surface area contributed by atoms with Crippen LogP contribution >= 0.6 is 0 Å². The molecule has 0 saturated heterocycles. The minimum Gasteiger partial charge on any atom is -0.268 e. The summed E-state index contributed by atoms with van der Waals surface area (Å²) in [5.74, 6) is 0.756. The number of H-pyrrole nitrogens is 1. The van der Waals surface area contributed by atoms with E-state index in [1.807, 2.05) is 25.1 Å². The standard InChI is InChI=1S/C12H9N4O/c1-7-13-10-3-2-8(6-11(10)14-7)9-4-5-12(17)16-15-9/h2-6H,1H3,(H,16,17). The number of fused-ring (bicyclic) bond motifs is 1. The molecule has 1 aliphatic heterocycles. The van der Waals surface area contributed by atoms with Crippen molar-refractivity contribution in [2.24, 2.45) is 4.99 Å². The van der Waals surface area contributed by atoms with Crippen LogP contribution in [0.4, 0.5) is 11.4 Å². The van der Waals surface area contributed by atoms with Crippen molar-refractivity contribution in [3.63, 3.8) is 0 Å². The lowest BCUT2D eigenvalue weighted by Gasteiger charge is -2.01. The first-order valence-electron chi connectivity index (χ1n) is 5.19. The summed E-state index contributed by atoms with van der Waals surface area (Å²) in [4.78, 5) is 15.2. The lowest BCUT2D eigenvalue weighted by Crippen LogP contribution is -2.05. The summed E-state index contributed by atoms with van der Waals surface area (Å²) in [6.07, 6.45) is 0. The van der Waals surface area contributed by atoms with E-state index in [2.05, 4.69) is 20.5 Å². The second-order valence-corrected chi connectivity index (χ2v) is 3.78. The molecule has 1 radical (unpaired) electrons. The second-order valence-electron chi connectivity index (χ2n) is 3.78. The second kappa shape index (κ2) is 3.55. The number of hydrogen-bond donors (Lipinski definition) is 1. The first-order chi connectivity index (χ1) is 8.22. The number of benzene rings is 1. The fourth-order valence-electron chi connectivity index (χ4n) is 1.75. The Morgan fingerprint density at radius 1 is 1.12 bits per heavy atom. The van der Waals surface area contributed by atoms with Crippen molar-refractivity contribution in [3.05, 3.63) is 40.7 Å². The SMILES string of the molecule is CC1=Nc2cc(-c3ccc(=O)[nH]n3)ccc2[N]1. The van der Waals surface area contributed by atoms with Crippen LogP contribution in [-0.2, 0) is 0 Å². The lowest BCUT2D eigenvalue weighted by atomic mass is 10.1. The number of nitrogens with one attached hydrogen (secondary N) is 1. The molecule has 0 atom stereocenters. The number of rotatable bonds is 1. The Bertz CT molecular complexity index is 652. The van der Waals surface area contributed by atoms with Crippen molar-refractivity contribution in [3.8, 4) is 11.3 Å². The molecule has 83 valence electrons. The maximum Gasteiger partial charge on any atom is 0.264 e. The summed E-state index contributed by atoms with van der Waals surface area (Å²) in [6, 6.07) is 8.86. The van der Waals surface area contributed by atoms with Gasteiger partial charge in [0.25, 0.3) is 5.56 Å². The molecule has 0 aliphatic carbocycles. The Balaban J connectivity index is 2.08. The van der Waals surface area contributed by atoms with E-state index in [4.69, 9.17) is 0 Å². The zero-order chi connectivity index (χ0) is 11.8. The number of hydrogen-bond acceptors (Lipinski definition) is 3. The highest BCUT2D eigenvalue weighted by Gasteiger charge is 2.13. The van der Waals surface area contributed by atoms with Crippen LogP contribution in [0.15, 0.2) is 40.1 Å². The third-order valence-electron chi connectivity index (χ3n) is 2.51. The third-order valence-corrected chi connectivity index (χ3v) is 2.51. The van der Waals surface area contributed by atoms with E-state index in [0.717, 1.165) is 22.8 Å². The molecule has 2 aromatic rings. The van der Waals surface area contributed by atoms with Crippen molar-refractivity contribution < 1.29 is 0 Å². The average molecular weight is 225 g/mol. The van der Waals surface area contributed by atoms with Crippen LogP contribution in [-0.4, -0.2) is 16.0 Å². The van der Waals surface area contributed by atoms with Gasteiger partial charge in [-0.05, 0) is 25.1 Å². The Hall–Kier alpha value is -2.43. The van der Waals surface area contributed by atoms with Gasteiger partial charge in [0.05, 0.1) is 17.1 Å². The van der Waals surface area contributed by atoms with Crippen LogP contribution in [0.1, 0.15) is 6.92 Å². The Labute approximate surface area is 97.2 Å². The van der Waals surface area contributed by atoms with Gasteiger partial charge < -0.3 is 0 Å². The molecule has 2 heterocycles. The van der Waals surface area contributed by atoms with E-state index >= 15 is 0 Å². The third kappa shape index (κ3) is 1.71. The molecule has 5 heteroatoms. The molecular weight excluding hydrogens is 216 g/mol. The van der Waals surface area contributed by atoms with Crippen LogP contribution in [0.25, 0.3) is 11.3 Å². The predicted octanol–water partition coefficient (Wildman–Crippen LogP) is 1.74. The van der Waals surface area contributed by atoms with Crippen molar-refractivity contribution in [2.75, 3.05) is 0 Å². The van der Waals surface area contributed by atoms with E-state index in [9.17, 15) is 4.79 Å². The fourth-order valence-corrected chi connectivity index (χ4v) is 1.75. The molecular formula is C12H9N4O. The monoisotopic (exact) mass is 225 g/mol. The van der Waals surface area contributed by atoms with Gasteiger partial charge in [-0.2, -0.15) is 5.10 Å². The molecule has 0 unspecified atom stereocenters. The Morgan fingerprint density at radius 2 is 2.00 bits per heavy atom. The van der Waals surface area contributed by atoms with Gasteiger partial charge >= 0.3 is 0 Å². The molecule has 0 amide bonds. The number of aliphatic imine (C=N–C) groups is 1. The zero-order valence-corrected chi connectivity index (χ0v) is 9.14. The number of amidine groups is 1. The summed E-state index contributed by atoms with van der Waals surface area (Å²) in [6.45, 7) is 1.86. The van der Waals surface area contributed by atoms with Crippen molar-refractivity contribution in [1.29, 1.82) is 0 Å². The van der Waals surface area contributed by atoms with Gasteiger partial charge in [-0.15, -0.1) is 0 Å². The molecule has 1 N–H and O–H groups in total. The van der Waals surface area contributed by atoms with Crippen molar-refractivity contribution in [1.82, 2.24) is 15.5 Å². The van der Waals surface area contributed by atoms with E-state index in [-0.39, 0.29) is 5.56 Å². The van der Waals surface area contributed by atoms with Gasteiger partial charge in [0.1, 0.15) is 5.84 Å². The maximum absolute atomic E-state index is 10.9. The predicted molar refractivity (Wildman–Crippen MR) is 64.9 cm³/mol. The summed E-state index contributed by atoms with van der Waals surface area (Å²) in [5, 5.41) is 10.7. The molecule has 1 aromatic carbocycles. The normalized spacial score (nSPS) is 12.9. The summed E-state index contributed by atoms with van der Waals surface area (Å²) in [5.41, 5.74) is 3.13. The molecule has 17 heavy (non-hydrogen) atoms. The summed E-state index contributed by atoms with van der Waals surface area (Å²) in [7, 11) is 0. The first kappa shape index (κ1) is 9.77. The van der Waals surface area contributed by atoms with Gasteiger partial charge in [-0.3, -0.25) is 4.79 Å². The van der Waals surface area contributed by atoms with Gasteiger partial charge in [0.15, 0.2) is 0 Å². The maximum atomic E-state index is 10.9. The van der Waals surface area contributed by atoms with Crippen molar-refractivity contribution >= 4 is 17.2 Å². The van der Waals surface area contributed by atoms with E-state index in [1.54, 1.807) is 6.07 Å². The first-order valence-corrected chi connectivity index (χ1v) is 5.19. The van der Waals surface area contributed by atoms with Crippen LogP contribution in [0.5, 0.6) is 0 Å². The summed E-state index contributed by atoms with van der Waals surface area (Å²) >= 11 is 0. The molecule has 0 saturated carbocycles. The largest absolute Gasteiger partial charge is 0.268 e. The quantitative estimate of drug-likeness (QED) is 0.802. The highest BCUT2D eigenvalue weighted by Crippen LogP contribution is 2.33. The lowest BCUT2D eigenvalue weighted by molar-refractivity contribution is 0.995. The topological polar surface area (TPSA) is 72.2 Å². The molecule has 1 aliphatic rings. The number of nitrogens with zero attached hydrogens (tertiary/aromatic N) is 3. The highest BCUT2D eigenvalue weighted by atomic mass is 16.1. The number of aromatic amines is 1. The summed E-state index contributed by atoms with van der Waals surface area (Å²) < 4.78 is 0. The van der Waals surface area contributed by atoms with E-state index in [0.29, 0.717) is 5.69 Å². The number of aromatic nitrogens is 2. The van der Waals surface area contributed by atoms with Crippen LogP contribution in [0.2, 0.25) is 0 Å². The zero-order valence-electron chi connectivity index (χ0n) is 9.14. The minimum absolute atomic E-state index is 0.209. The van der Waals surface area contributed by atoms with Crippen molar-refractivity contribution in [2.45, 2.75) is 6.92 Å². The molecule has 3 rings (SSSR count). The van der Waals surface area contributed by atoms with Gasteiger partial charge in [0.2, 0.25) is 0 Å². The smallest absolute Gasteiger partial charge is 0.264 e. The van der Waals surface area contributed by atoms with Gasteiger partial charge in [-0.25, -0.2) is 15.4 Å². The average Bonchev–Trinajstić information content (AvgIpc) is 2.69. The Kier molecular flexibility index (Phi) is 2.04. The van der Waals surface area contributed by atoms with Crippen LogP contribution in [0.3, 0.4) is 0 Å². The van der Waals surface area contributed by atoms with E-state index < -0.39 is 0 Å². The molecule has 1 aromatic heterocycles. The van der Waals surface area contributed by atoms with E-state index in [1.165, 1.54) is 6.07 Å². The molecule has 0 fully saturated rings. The molecule has 5 nitrogen and oxygen atoms in total. The molecule has 0 bridgehead atoms.